The minimum atomic E-state index is -0.955. The van der Waals surface area contributed by atoms with Gasteiger partial charge in [-0.3, -0.25) is 4.79 Å². The van der Waals surface area contributed by atoms with E-state index in [4.69, 9.17) is 5.11 Å². The Hall–Kier alpha value is -1.43. The van der Waals surface area contributed by atoms with Gasteiger partial charge in [-0.25, -0.2) is 9.78 Å². The fraction of sp³-hybridized carbons (Fsp3) is 0.583. The molecule has 1 aromatic rings. The highest BCUT2D eigenvalue weighted by atomic mass is 32.1. The summed E-state index contributed by atoms with van der Waals surface area (Å²) >= 11 is 1.34. The predicted molar refractivity (Wildman–Crippen MR) is 67.8 cm³/mol. The molecule has 0 bridgehead atoms. The quantitative estimate of drug-likeness (QED) is 0.850. The molecule has 1 aliphatic rings. The lowest BCUT2D eigenvalue weighted by Gasteiger charge is -2.12. The van der Waals surface area contributed by atoms with Crippen LogP contribution in [0.3, 0.4) is 0 Å². The molecule has 5 nitrogen and oxygen atoms in total. The lowest BCUT2D eigenvalue weighted by molar-refractivity contribution is -0.139. The molecule has 1 atom stereocenters. The Labute approximate surface area is 109 Å². The standard InChI is InChI=1S/C12H16N2O3S/c1-3-8-13-6(2)10(18-8)11(15)14-9(12(16)17)7-4-5-7/h7,9H,3-5H2,1-2H3,(H,14,15)(H,16,17). The van der Waals surface area contributed by atoms with Crippen molar-refractivity contribution in [2.45, 2.75) is 39.2 Å². The van der Waals surface area contributed by atoms with Crippen molar-refractivity contribution in [2.24, 2.45) is 5.92 Å². The Bertz CT molecular complexity index is 480. The van der Waals surface area contributed by atoms with Crippen LogP contribution in [0.15, 0.2) is 0 Å². The Balaban J connectivity index is 2.10. The average Bonchev–Trinajstić information content (AvgIpc) is 3.08. The summed E-state index contributed by atoms with van der Waals surface area (Å²) in [6, 6.07) is -0.760. The van der Waals surface area contributed by atoms with Gasteiger partial charge in [0.1, 0.15) is 10.9 Å². The Morgan fingerprint density at radius 1 is 1.56 bits per heavy atom. The number of aliphatic carboxylic acids is 1. The number of hydrogen-bond donors (Lipinski definition) is 2. The SMILES string of the molecule is CCc1nc(C)c(C(=O)NC(C(=O)O)C2CC2)s1. The second-order valence-corrected chi connectivity index (χ2v) is 5.59. The first kappa shape index (κ1) is 13.0. The van der Waals surface area contributed by atoms with Crippen molar-refractivity contribution in [1.29, 1.82) is 0 Å². The maximum absolute atomic E-state index is 12.0. The van der Waals surface area contributed by atoms with Gasteiger partial charge in [0, 0.05) is 0 Å². The van der Waals surface area contributed by atoms with Crippen LogP contribution in [0.1, 0.15) is 40.1 Å². The molecular formula is C12H16N2O3S. The number of hydrogen-bond acceptors (Lipinski definition) is 4. The van der Waals surface area contributed by atoms with E-state index < -0.39 is 12.0 Å². The van der Waals surface area contributed by atoms with Crippen LogP contribution in [-0.4, -0.2) is 28.0 Å². The molecule has 1 heterocycles. The van der Waals surface area contributed by atoms with E-state index in [-0.39, 0.29) is 11.8 Å². The van der Waals surface area contributed by atoms with E-state index in [9.17, 15) is 9.59 Å². The Morgan fingerprint density at radius 2 is 2.22 bits per heavy atom. The normalized spacial score (nSPS) is 16.3. The summed E-state index contributed by atoms with van der Waals surface area (Å²) in [4.78, 5) is 27.9. The number of thiazole rings is 1. The molecule has 6 heteroatoms. The topological polar surface area (TPSA) is 79.3 Å². The summed E-state index contributed by atoms with van der Waals surface area (Å²) in [5.41, 5.74) is 0.675. The van der Waals surface area contributed by atoms with Crippen molar-refractivity contribution in [3.8, 4) is 0 Å². The smallest absolute Gasteiger partial charge is 0.326 e. The van der Waals surface area contributed by atoms with Gasteiger partial charge < -0.3 is 10.4 Å². The van der Waals surface area contributed by atoms with E-state index in [0.29, 0.717) is 10.6 Å². The van der Waals surface area contributed by atoms with Crippen LogP contribution in [0.2, 0.25) is 0 Å². The molecule has 1 fully saturated rings. The zero-order chi connectivity index (χ0) is 13.3. The number of aromatic nitrogens is 1. The van der Waals surface area contributed by atoms with Crippen molar-refractivity contribution < 1.29 is 14.7 Å². The number of aryl methyl sites for hydroxylation is 2. The summed E-state index contributed by atoms with van der Waals surface area (Å²) in [7, 11) is 0. The second kappa shape index (κ2) is 5.06. The molecule has 1 amide bonds. The van der Waals surface area contributed by atoms with Crippen LogP contribution in [-0.2, 0) is 11.2 Å². The monoisotopic (exact) mass is 268 g/mol. The Morgan fingerprint density at radius 3 is 2.67 bits per heavy atom. The molecule has 98 valence electrons. The molecule has 2 rings (SSSR count). The van der Waals surface area contributed by atoms with Crippen molar-refractivity contribution in [3.63, 3.8) is 0 Å². The maximum Gasteiger partial charge on any atom is 0.326 e. The van der Waals surface area contributed by atoms with Gasteiger partial charge in [-0.15, -0.1) is 11.3 Å². The molecule has 1 unspecified atom stereocenters. The highest BCUT2D eigenvalue weighted by molar-refractivity contribution is 7.13. The third-order valence-corrected chi connectivity index (χ3v) is 4.30. The van der Waals surface area contributed by atoms with Gasteiger partial charge in [0.2, 0.25) is 0 Å². The largest absolute Gasteiger partial charge is 0.480 e. The lowest BCUT2D eigenvalue weighted by Crippen LogP contribution is -2.42. The number of amides is 1. The van der Waals surface area contributed by atoms with Crippen LogP contribution in [0.5, 0.6) is 0 Å². The van der Waals surface area contributed by atoms with Gasteiger partial charge in [0.25, 0.3) is 5.91 Å². The zero-order valence-corrected chi connectivity index (χ0v) is 11.2. The van der Waals surface area contributed by atoms with Crippen LogP contribution in [0.4, 0.5) is 0 Å². The number of carbonyl (C=O) groups excluding carboxylic acids is 1. The molecular weight excluding hydrogens is 252 g/mol. The molecule has 1 aromatic heterocycles. The maximum atomic E-state index is 12.0. The minimum Gasteiger partial charge on any atom is -0.480 e. The highest BCUT2D eigenvalue weighted by Gasteiger charge is 2.37. The first-order valence-corrected chi connectivity index (χ1v) is 6.84. The number of carbonyl (C=O) groups is 2. The third-order valence-electron chi connectivity index (χ3n) is 3.00. The van der Waals surface area contributed by atoms with Gasteiger partial charge >= 0.3 is 5.97 Å². The molecule has 0 radical (unpaired) electrons. The van der Waals surface area contributed by atoms with E-state index in [0.717, 1.165) is 24.3 Å². The van der Waals surface area contributed by atoms with E-state index in [2.05, 4.69) is 10.3 Å². The first-order valence-electron chi connectivity index (χ1n) is 6.03. The van der Waals surface area contributed by atoms with Crippen molar-refractivity contribution in [3.05, 3.63) is 15.6 Å². The van der Waals surface area contributed by atoms with Gasteiger partial charge in [-0.05, 0) is 32.1 Å². The third kappa shape index (κ3) is 2.69. The first-order chi connectivity index (χ1) is 8.52. The van der Waals surface area contributed by atoms with Crippen molar-refractivity contribution in [1.82, 2.24) is 10.3 Å². The lowest BCUT2D eigenvalue weighted by atomic mass is 10.2. The number of carboxylic acids is 1. The van der Waals surface area contributed by atoms with Crippen LogP contribution in [0, 0.1) is 12.8 Å². The summed E-state index contributed by atoms with van der Waals surface area (Å²) in [6.45, 7) is 3.75. The second-order valence-electron chi connectivity index (χ2n) is 4.50. The van der Waals surface area contributed by atoms with Gasteiger partial charge in [0.05, 0.1) is 10.7 Å². The molecule has 1 saturated carbocycles. The number of rotatable bonds is 5. The average molecular weight is 268 g/mol. The van der Waals surface area contributed by atoms with Crippen LogP contribution < -0.4 is 5.32 Å². The minimum absolute atomic E-state index is 0.0883. The van der Waals surface area contributed by atoms with Crippen molar-refractivity contribution >= 4 is 23.2 Å². The fourth-order valence-corrected chi connectivity index (χ4v) is 2.74. The molecule has 1 aliphatic carbocycles. The molecule has 0 spiro atoms. The van der Waals surface area contributed by atoms with E-state index in [1.54, 1.807) is 6.92 Å². The number of nitrogens with zero attached hydrogens (tertiary/aromatic N) is 1. The number of nitrogens with one attached hydrogen (secondary N) is 1. The van der Waals surface area contributed by atoms with Crippen LogP contribution >= 0.6 is 11.3 Å². The zero-order valence-electron chi connectivity index (χ0n) is 10.4. The van der Waals surface area contributed by atoms with Gasteiger partial charge in [0.15, 0.2) is 0 Å². The summed E-state index contributed by atoms with van der Waals surface area (Å²) in [6.07, 6.45) is 2.53. The molecule has 0 aliphatic heterocycles. The van der Waals surface area contributed by atoms with E-state index >= 15 is 0 Å². The Kier molecular flexibility index (Phi) is 3.65. The summed E-state index contributed by atoms with van der Waals surface area (Å²) < 4.78 is 0. The molecule has 0 aromatic carbocycles. The number of carboxylic acid groups (broad SMARTS) is 1. The summed E-state index contributed by atoms with van der Waals surface area (Å²) in [5, 5.41) is 12.6. The van der Waals surface area contributed by atoms with E-state index in [1.807, 2.05) is 6.92 Å². The van der Waals surface area contributed by atoms with Crippen LogP contribution in [0.25, 0.3) is 0 Å². The molecule has 2 N–H and O–H groups in total. The van der Waals surface area contributed by atoms with Crippen molar-refractivity contribution in [2.75, 3.05) is 0 Å². The molecule has 0 saturated heterocycles. The predicted octanol–water partition coefficient (Wildman–Crippen LogP) is 1.61. The fourth-order valence-electron chi connectivity index (χ4n) is 1.83. The van der Waals surface area contributed by atoms with Gasteiger partial charge in [-0.2, -0.15) is 0 Å². The van der Waals surface area contributed by atoms with Gasteiger partial charge in [-0.1, -0.05) is 6.92 Å². The summed E-state index contributed by atoms with van der Waals surface area (Å²) in [5.74, 6) is -1.18. The van der Waals surface area contributed by atoms with E-state index in [1.165, 1.54) is 11.3 Å². The molecule has 18 heavy (non-hydrogen) atoms. The highest BCUT2D eigenvalue weighted by Crippen LogP contribution is 2.33.